The van der Waals surface area contributed by atoms with E-state index in [0.29, 0.717) is 13.2 Å². The molecule has 1 heterocycles. The summed E-state index contributed by atoms with van der Waals surface area (Å²) in [6, 6.07) is 7.94. The van der Waals surface area contributed by atoms with Gasteiger partial charge in [0.2, 0.25) is 0 Å². The van der Waals surface area contributed by atoms with Gasteiger partial charge in [-0.15, -0.1) is 0 Å². The van der Waals surface area contributed by atoms with Crippen LogP contribution in [0.4, 0.5) is 0 Å². The molecular formula is C14H17NO2. The highest BCUT2D eigenvalue weighted by atomic mass is 16.5. The Morgan fingerprint density at radius 1 is 1.24 bits per heavy atom. The number of hydrogen-bond acceptors (Lipinski definition) is 3. The van der Waals surface area contributed by atoms with Gasteiger partial charge in [0.1, 0.15) is 18.1 Å². The maximum atomic E-state index is 5.79. The van der Waals surface area contributed by atoms with E-state index in [9.17, 15) is 0 Å². The lowest BCUT2D eigenvalue weighted by Crippen LogP contribution is -2.02. The van der Waals surface area contributed by atoms with Gasteiger partial charge in [0.25, 0.3) is 0 Å². The average Bonchev–Trinajstić information content (AvgIpc) is 2.78. The summed E-state index contributed by atoms with van der Waals surface area (Å²) in [6.45, 7) is 5.03. The van der Waals surface area contributed by atoms with Crippen LogP contribution in [0.5, 0.6) is 5.75 Å². The fourth-order valence-corrected chi connectivity index (χ4v) is 1.71. The van der Waals surface area contributed by atoms with Crippen molar-refractivity contribution in [3.63, 3.8) is 0 Å². The molecule has 0 amide bonds. The van der Waals surface area contributed by atoms with Gasteiger partial charge >= 0.3 is 0 Å². The molecule has 0 saturated heterocycles. The number of ether oxygens (including phenoxy) is 1. The second kappa shape index (κ2) is 5.06. The Balaban J connectivity index is 2.10. The van der Waals surface area contributed by atoms with Gasteiger partial charge in [-0.3, -0.25) is 0 Å². The molecule has 1 aromatic heterocycles. The molecule has 0 aliphatic carbocycles. The minimum absolute atomic E-state index is 0.401. The molecule has 0 radical (unpaired) electrons. The third kappa shape index (κ3) is 2.50. The van der Waals surface area contributed by atoms with Gasteiger partial charge in [0.05, 0.1) is 12.8 Å². The van der Waals surface area contributed by atoms with E-state index in [1.165, 1.54) is 11.1 Å². The van der Waals surface area contributed by atoms with Crippen molar-refractivity contribution in [2.75, 3.05) is 0 Å². The largest absolute Gasteiger partial charge is 0.488 e. The molecule has 0 saturated carbocycles. The number of benzene rings is 1. The van der Waals surface area contributed by atoms with E-state index in [1.807, 2.05) is 18.2 Å². The molecule has 3 nitrogen and oxygen atoms in total. The lowest BCUT2D eigenvalue weighted by atomic mass is 10.1. The molecule has 3 heteroatoms. The second-order valence-electron chi connectivity index (χ2n) is 4.06. The van der Waals surface area contributed by atoms with E-state index >= 15 is 0 Å². The highest BCUT2D eigenvalue weighted by Gasteiger charge is 2.07. The van der Waals surface area contributed by atoms with Crippen molar-refractivity contribution in [2.45, 2.75) is 27.0 Å². The van der Waals surface area contributed by atoms with Crippen LogP contribution < -0.4 is 10.5 Å². The number of furan rings is 1. The summed E-state index contributed by atoms with van der Waals surface area (Å²) in [4.78, 5) is 0. The minimum Gasteiger partial charge on any atom is -0.488 e. The Morgan fingerprint density at radius 3 is 2.82 bits per heavy atom. The minimum atomic E-state index is 0.401. The smallest absolute Gasteiger partial charge is 0.123 e. The molecule has 0 spiro atoms. The Morgan fingerprint density at radius 2 is 2.06 bits per heavy atom. The number of nitrogens with two attached hydrogens (primary N) is 1. The fourth-order valence-electron chi connectivity index (χ4n) is 1.71. The summed E-state index contributed by atoms with van der Waals surface area (Å²) >= 11 is 0. The van der Waals surface area contributed by atoms with Crippen LogP contribution in [0.2, 0.25) is 0 Å². The van der Waals surface area contributed by atoms with Crippen molar-refractivity contribution in [1.82, 2.24) is 0 Å². The zero-order chi connectivity index (χ0) is 12.3. The second-order valence-corrected chi connectivity index (χ2v) is 4.06. The molecule has 0 fully saturated rings. The SMILES string of the molecule is Cc1cccc(OCc2ccoc2CN)c1C. The predicted molar refractivity (Wildman–Crippen MR) is 66.8 cm³/mol. The lowest BCUT2D eigenvalue weighted by Gasteiger charge is -2.10. The van der Waals surface area contributed by atoms with E-state index in [4.69, 9.17) is 14.9 Å². The predicted octanol–water partition coefficient (Wildman–Crippen LogP) is 2.93. The van der Waals surface area contributed by atoms with Gasteiger partial charge in [-0.2, -0.15) is 0 Å². The number of hydrogen-bond donors (Lipinski definition) is 1. The third-order valence-corrected chi connectivity index (χ3v) is 2.96. The summed E-state index contributed by atoms with van der Waals surface area (Å²) in [5.74, 6) is 1.70. The Hall–Kier alpha value is -1.74. The summed E-state index contributed by atoms with van der Waals surface area (Å²) < 4.78 is 11.0. The molecule has 1 aromatic carbocycles. The molecule has 2 aromatic rings. The summed E-state index contributed by atoms with van der Waals surface area (Å²) in [5, 5.41) is 0. The first-order valence-electron chi connectivity index (χ1n) is 5.66. The van der Waals surface area contributed by atoms with Crippen LogP contribution in [0.1, 0.15) is 22.5 Å². The first-order valence-corrected chi connectivity index (χ1v) is 5.66. The van der Waals surface area contributed by atoms with E-state index in [0.717, 1.165) is 17.1 Å². The third-order valence-electron chi connectivity index (χ3n) is 2.96. The molecular weight excluding hydrogens is 214 g/mol. The van der Waals surface area contributed by atoms with E-state index < -0.39 is 0 Å². The van der Waals surface area contributed by atoms with Gasteiger partial charge < -0.3 is 14.9 Å². The highest BCUT2D eigenvalue weighted by Crippen LogP contribution is 2.22. The monoisotopic (exact) mass is 231 g/mol. The van der Waals surface area contributed by atoms with Gasteiger partial charge in [-0.25, -0.2) is 0 Å². The molecule has 0 aliphatic rings. The van der Waals surface area contributed by atoms with Crippen LogP contribution in [0.25, 0.3) is 0 Å². The Labute approximate surface area is 101 Å². The van der Waals surface area contributed by atoms with Crippen LogP contribution in [0.3, 0.4) is 0 Å². The van der Waals surface area contributed by atoms with Crippen LogP contribution in [0.15, 0.2) is 34.9 Å². The van der Waals surface area contributed by atoms with Crippen molar-refractivity contribution in [2.24, 2.45) is 5.73 Å². The van der Waals surface area contributed by atoms with Crippen molar-refractivity contribution in [1.29, 1.82) is 0 Å². The zero-order valence-electron chi connectivity index (χ0n) is 10.2. The summed E-state index contributed by atoms with van der Waals surface area (Å²) in [6.07, 6.45) is 1.64. The molecule has 0 atom stereocenters. The lowest BCUT2D eigenvalue weighted by molar-refractivity contribution is 0.300. The van der Waals surface area contributed by atoms with Gasteiger partial charge in [0.15, 0.2) is 0 Å². The van der Waals surface area contributed by atoms with E-state index in [2.05, 4.69) is 19.9 Å². The molecule has 2 rings (SSSR count). The van der Waals surface area contributed by atoms with Crippen molar-refractivity contribution in [3.05, 3.63) is 53.0 Å². The van der Waals surface area contributed by atoms with Crippen LogP contribution in [-0.4, -0.2) is 0 Å². The Kier molecular flexibility index (Phi) is 3.49. The number of aryl methyl sites for hydroxylation is 1. The summed E-state index contributed by atoms with van der Waals surface area (Å²) in [5.41, 5.74) is 8.98. The van der Waals surface area contributed by atoms with Gasteiger partial charge in [-0.1, -0.05) is 12.1 Å². The fraction of sp³-hybridized carbons (Fsp3) is 0.286. The maximum Gasteiger partial charge on any atom is 0.123 e. The molecule has 0 aliphatic heterocycles. The van der Waals surface area contributed by atoms with Gasteiger partial charge in [-0.05, 0) is 37.1 Å². The Bertz CT molecular complexity index is 503. The van der Waals surface area contributed by atoms with Crippen LogP contribution in [-0.2, 0) is 13.2 Å². The quantitative estimate of drug-likeness (QED) is 0.880. The van der Waals surface area contributed by atoms with Crippen molar-refractivity contribution >= 4 is 0 Å². The van der Waals surface area contributed by atoms with Gasteiger partial charge in [0, 0.05) is 5.56 Å². The van der Waals surface area contributed by atoms with E-state index in [1.54, 1.807) is 6.26 Å². The highest BCUT2D eigenvalue weighted by molar-refractivity contribution is 5.38. The molecule has 2 N–H and O–H groups in total. The normalized spacial score (nSPS) is 10.5. The average molecular weight is 231 g/mol. The van der Waals surface area contributed by atoms with Crippen molar-refractivity contribution in [3.8, 4) is 5.75 Å². The molecule has 17 heavy (non-hydrogen) atoms. The molecule has 0 bridgehead atoms. The topological polar surface area (TPSA) is 48.4 Å². The maximum absolute atomic E-state index is 5.79. The first-order chi connectivity index (χ1) is 8.22. The van der Waals surface area contributed by atoms with E-state index in [-0.39, 0.29) is 0 Å². The standard InChI is InChI=1S/C14H17NO2/c1-10-4-3-5-13(11(10)2)17-9-12-6-7-16-14(12)8-15/h3-7H,8-9,15H2,1-2H3. The molecule has 0 unspecified atom stereocenters. The van der Waals surface area contributed by atoms with Crippen molar-refractivity contribution < 1.29 is 9.15 Å². The molecule has 90 valence electrons. The van der Waals surface area contributed by atoms with Crippen LogP contribution in [0, 0.1) is 13.8 Å². The first kappa shape index (κ1) is 11.7. The summed E-state index contributed by atoms with van der Waals surface area (Å²) in [7, 11) is 0. The number of rotatable bonds is 4. The van der Waals surface area contributed by atoms with Crippen LogP contribution >= 0.6 is 0 Å². The zero-order valence-corrected chi connectivity index (χ0v) is 10.2.